The van der Waals surface area contributed by atoms with Crippen LogP contribution < -0.4 is 0 Å². The molecule has 0 aromatic carbocycles. The molecule has 0 radical (unpaired) electrons. The second kappa shape index (κ2) is 7.11. The molecule has 5 aliphatic carbocycles. The van der Waals surface area contributed by atoms with Crippen LogP contribution in [0.1, 0.15) is 106 Å². The Morgan fingerprint density at radius 1 is 0.909 bits per heavy atom. The number of fused-ring (bicyclic) bond motifs is 7. The van der Waals surface area contributed by atoms with E-state index in [1.807, 2.05) is 0 Å². The smallest absolute Gasteiger partial charge is 0.310 e. The molecule has 3 nitrogen and oxygen atoms in total. The minimum Gasteiger partial charge on any atom is -0.481 e. The molecule has 1 unspecified atom stereocenters. The molecule has 0 aromatic heterocycles. The Bertz CT molecular complexity index is 874. The van der Waals surface area contributed by atoms with Crippen LogP contribution in [0.3, 0.4) is 0 Å². The molecule has 0 amide bonds. The number of allylic oxidation sites excluding steroid dienone is 2. The molecule has 33 heavy (non-hydrogen) atoms. The zero-order valence-electron chi connectivity index (χ0n) is 22.2. The van der Waals surface area contributed by atoms with Crippen molar-refractivity contribution in [3.8, 4) is 0 Å². The molecule has 4 fully saturated rings. The van der Waals surface area contributed by atoms with Crippen LogP contribution in [0, 0.1) is 56.7 Å². The van der Waals surface area contributed by atoms with Crippen LogP contribution in [-0.4, -0.2) is 22.3 Å². The lowest BCUT2D eigenvalue weighted by atomic mass is 9.33. The summed E-state index contributed by atoms with van der Waals surface area (Å²) in [6.45, 7) is 17.0. The Labute approximate surface area is 201 Å². The third-order valence-electron chi connectivity index (χ3n) is 13.3. The van der Waals surface area contributed by atoms with Crippen LogP contribution in [0.2, 0.25) is 0 Å². The van der Waals surface area contributed by atoms with Crippen LogP contribution in [0.25, 0.3) is 0 Å². The number of aliphatic hydroxyl groups is 1. The van der Waals surface area contributed by atoms with E-state index < -0.39 is 11.4 Å². The first kappa shape index (κ1) is 23.9. The van der Waals surface area contributed by atoms with Crippen molar-refractivity contribution in [1.82, 2.24) is 0 Å². The maximum Gasteiger partial charge on any atom is 0.310 e. The molecule has 0 spiro atoms. The van der Waals surface area contributed by atoms with Gasteiger partial charge in [-0.15, -0.1) is 0 Å². The van der Waals surface area contributed by atoms with Crippen molar-refractivity contribution >= 4 is 5.97 Å². The highest BCUT2D eigenvalue weighted by molar-refractivity contribution is 5.76. The fraction of sp³-hybridized carbons (Fsp3) is 0.900. The molecule has 0 aliphatic heterocycles. The molecule has 3 heteroatoms. The van der Waals surface area contributed by atoms with Crippen LogP contribution in [0.5, 0.6) is 0 Å². The quantitative estimate of drug-likeness (QED) is 0.414. The highest BCUT2D eigenvalue weighted by Crippen LogP contribution is 2.75. The minimum absolute atomic E-state index is 0.0279. The van der Waals surface area contributed by atoms with Gasteiger partial charge in [-0.3, -0.25) is 4.79 Å². The van der Waals surface area contributed by atoms with E-state index in [2.05, 4.69) is 54.5 Å². The normalized spacial score (nSPS) is 55.3. The Morgan fingerprint density at radius 2 is 1.61 bits per heavy atom. The van der Waals surface area contributed by atoms with Crippen molar-refractivity contribution in [2.24, 2.45) is 56.7 Å². The van der Waals surface area contributed by atoms with Gasteiger partial charge in [-0.25, -0.2) is 0 Å². The predicted octanol–water partition coefficient (Wildman–Crippen LogP) is 7.09. The zero-order chi connectivity index (χ0) is 24.2. The first-order chi connectivity index (χ1) is 15.3. The number of rotatable bonds is 1. The van der Waals surface area contributed by atoms with Gasteiger partial charge >= 0.3 is 5.97 Å². The van der Waals surface area contributed by atoms with Gasteiger partial charge in [0, 0.05) is 5.41 Å². The lowest BCUT2D eigenvalue weighted by Crippen LogP contribution is -2.66. The van der Waals surface area contributed by atoms with Gasteiger partial charge in [0.05, 0.1) is 11.5 Å². The molecule has 4 saturated carbocycles. The molecular weight excluding hydrogens is 408 g/mol. The summed E-state index contributed by atoms with van der Waals surface area (Å²) in [5.41, 5.74) is 1.27. The number of carboxylic acid groups (broad SMARTS) is 1. The first-order valence-electron chi connectivity index (χ1n) is 13.9. The molecule has 0 aromatic rings. The van der Waals surface area contributed by atoms with E-state index in [0.29, 0.717) is 23.7 Å². The van der Waals surface area contributed by atoms with Crippen LogP contribution in [0.4, 0.5) is 0 Å². The molecule has 186 valence electrons. The number of aliphatic carboxylic acids is 1. The summed E-state index contributed by atoms with van der Waals surface area (Å²) in [6.07, 6.45) is 11.4. The third-order valence-corrected chi connectivity index (χ3v) is 13.3. The van der Waals surface area contributed by atoms with Gasteiger partial charge in [0.15, 0.2) is 0 Å². The van der Waals surface area contributed by atoms with E-state index in [1.165, 1.54) is 18.4 Å². The van der Waals surface area contributed by atoms with Crippen LogP contribution >= 0.6 is 0 Å². The van der Waals surface area contributed by atoms with Gasteiger partial charge in [0.2, 0.25) is 0 Å². The standard InChI is InChI=1S/C30H48O3/c1-18-10-15-30(25(32)33)17-16-27(5)20(24(30)19(18)2)8-9-22-28(27,6)14-11-21-26(3,4)13-12-23(31)29(21,22)7/h8,18-19,21-24,31H,9-17H2,1-7H3,(H,32,33)/t18-,19+,21+,22+,23?,24+,27-,28-,29+,30+/m1/s1. The second-order valence-corrected chi connectivity index (χ2v) is 14.5. The van der Waals surface area contributed by atoms with Crippen molar-refractivity contribution in [2.75, 3.05) is 0 Å². The largest absolute Gasteiger partial charge is 0.481 e. The summed E-state index contributed by atoms with van der Waals surface area (Å²) in [5.74, 6) is 1.61. The zero-order valence-corrected chi connectivity index (χ0v) is 22.2. The molecular formula is C30H48O3. The summed E-state index contributed by atoms with van der Waals surface area (Å²) in [6, 6.07) is 0. The minimum atomic E-state index is -0.575. The Morgan fingerprint density at radius 3 is 2.27 bits per heavy atom. The number of carbonyl (C=O) groups is 1. The maximum absolute atomic E-state index is 12.8. The van der Waals surface area contributed by atoms with Crippen molar-refractivity contribution in [3.05, 3.63) is 11.6 Å². The van der Waals surface area contributed by atoms with Gasteiger partial charge in [0.1, 0.15) is 0 Å². The SMILES string of the molecule is C[C@H]1[C@H](C)CC[C@]2(C(=O)O)CC[C@]3(C)C(=CC[C@@H]4[C@@]5(C)C(O)CCC(C)(C)[C@@H]5CC[C@]43C)[C@H]12. The monoisotopic (exact) mass is 456 g/mol. The summed E-state index contributed by atoms with van der Waals surface area (Å²) < 4.78 is 0. The van der Waals surface area contributed by atoms with Gasteiger partial charge in [0.25, 0.3) is 0 Å². The fourth-order valence-corrected chi connectivity index (χ4v) is 10.8. The lowest BCUT2D eigenvalue weighted by molar-refractivity contribution is -0.221. The van der Waals surface area contributed by atoms with Crippen molar-refractivity contribution in [2.45, 2.75) is 112 Å². The van der Waals surface area contributed by atoms with E-state index >= 15 is 0 Å². The summed E-state index contributed by atoms with van der Waals surface area (Å²) in [5, 5.41) is 22.0. The number of hydrogen-bond acceptors (Lipinski definition) is 2. The molecule has 0 heterocycles. The van der Waals surface area contributed by atoms with Gasteiger partial charge in [-0.2, -0.15) is 0 Å². The van der Waals surface area contributed by atoms with Gasteiger partial charge in [-0.1, -0.05) is 60.1 Å². The topological polar surface area (TPSA) is 57.5 Å². The average Bonchev–Trinajstić information content (AvgIpc) is 2.74. The lowest BCUT2D eigenvalue weighted by Gasteiger charge is -2.71. The van der Waals surface area contributed by atoms with E-state index in [1.54, 1.807) is 0 Å². The van der Waals surface area contributed by atoms with Crippen molar-refractivity contribution in [1.29, 1.82) is 0 Å². The third kappa shape index (κ3) is 2.75. The van der Waals surface area contributed by atoms with E-state index in [4.69, 9.17) is 0 Å². The molecule has 0 bridgehead atoms. The summed E-state index contributed by atoms with van der Waals surface area (Å²) in [7, 11) is 0. The van der Waals surface area contributed by atoms with Crippen LogP contribution in [0.15, 0.2) is 11.6 Å². The van der Waals surface area contributed by atoms with E-state index in [-0.39, 0.29) is 33.7 Å². The highest BCUT2D eigenvalue weighted by atomic mass is 16.4. The number of hydrogen-bond donors (Lipinski definition) is 2. The first-order valence-corrected chi connectivity index (χ1v) is 13.9. The summed E-state index contributed by atoms with van der Waals surface area (Å²) in [4.78, 5) is 12.8. The Kier molecular flexibility index (Phi) is 5.15. The fourth-order valence-electron chi connectivity index (χ4n) is 10.8. The molecule has 0 saturated heterocycles. The molecule has 10 atom stereocenters. The van der Waals surface area contributed by atoms with E-state index in [0.717, 1.165) is 44.9 Å². The molecule has 5 rings (SSSR count). The summed E-state index contributed by atoms with van der Waals surface area (Å²) >= 11 is 0. The predicted molar refractivity (Wildman–Crippen MR) is 133 cm³/mol. The van der Waals surface area contributed by atoms with Gasteiger partial charge in [-0.05, 0) is 104 Å². The highest BCUT2D eigenvalue weighted by Gasteiger charge is 2.70. The number of carboxylic acids is 1. The van der Waals surface area contributed by atoms with Crippen molar-refractivity contribution in [3.63, 3.8) is 0 Å². The number of aliphatic hydroxyl groups excluding tert-OH is 1. The Balaban J connectivity index is 1.64. The van der Waals surface area contributed by atoms with E-state index in [9.17, 15) is 15.0 Å². The molecule has 2 N–H and O–H groups in total. The van der Waals surface area contributed by atoms with Gasteiger partial charge < -0.3 is 10.2 Å². The maximum atomic E-state index is 12.8. The Hall–Kier alpha value is -0.830. The average molecular weight is 457 g/mol. The van der Waals surface area contributed by atoms with Crippen molar-refractivity contribution < 1.29 is 15.0 Å². The molecule has 5 aliphatic rings. The second-order valence-electron chi connectivity index (χ2n) is 14.5. The van der Waals surface area contributed by atoms with Crippen LogP contribution in [-0.2, 0) is 4.79 Å².